The first-order valence-electron chi connectivity index (χ1n) is 6.30. The minimum absolute atomic E-state index is 0.133. The average Bonchev–Trinajstić information content (AvgIpc) is 2.46. The summed E-state index contributed by atoms with van der Waals surface area (Å²) in [6.07, 6.45) is -3.40. The summed E-state index contributed by atoms with van der Waals surface area (Å²) in [6, 6.07) is 3.87. The zero-order chi connectivity index (χ0) is 15.5. The van der Waals surface area contributed by atoms with Crippen LogP contribution in [0.15, 0.2) is 24.8 Å². The lowest BCUT2D eigenvalue weighted by Gasteiger charge is -2.27. The molecule has 0 aromatic heterocycles. The molecule has 1 amide bonds. The third kappa shape index (κ3) is 3.98. The Bertz CT molecular complexity index is 537. The highest BCUT2D eigenvalue weighted by molar-refractivity contribution is 5.97. The van der Waals surface area contributed by atoms with Gasteiger partial charge in [0.1, 0.15) is 5.75 Å². The molecule has 2 rings (SSSR count). The summed E-state index contributed by atoms with van der Waals surface area (Å²) in [5, 5.41) is 0. The number of alkyl halides is 3. The molecule has 0 aliphatic carbocycles. The van der Waals surface area contributed by atoms with Gasteiger partial charge >= 0.3 is 6.36 Å². The number of amides is 1. The number of halogens is 3. The van der Waals surface area contributed by atoms with E-state index in [0.29, 0.717) is 31.9 Å². The molecule has 1 aromatic carbocycles. The van der Waals surface area contributed by atoms with Crippen LogP contribution < -0.4 is 4.74 Å². The van der Waals surface area contributed by atoms with Gasteiger partial charge in [0, 0.05) is 13.1 Å². The number of ether oxygens (including phenoxy) is 2. The van der Waals surface area contributed by atoms with E-state index in [1.807, 2.05) is 0 Å². The fourth-order valence-electron chi connectivity index (χ4n) is 1.99. The van der Waals surface area contributed by atoms with Gasteiger partial charge in [-0.2, -0.15) is 0 Å². The maximum absolute atomic E-state index is 12.4. The van der Waals surface area contributed by atoms with Crippen LogP contribution in [0.5, 0.6) is 5.75 Å². The van der Waals surface area contributed by atoms with Crippen molar-refractivity contribution in [2.75, 3.05) is 26.3 Å². The summed E-state index contributed by atoms with van der Waals surface area (Å²) in [4.78, 5) is 13.8. The molecule has 0 saturated carbocycles. The van der Waals surface area contributed by atoms with Gasteiger partial charge in [0.25, 0.3) is 5.91 Å². The summed E-state index contributed by atoms with van der Waals surface area (Å²) in [6.45, 7) is 4.94. The Kier molecular flexibility index (Phi) is 4.52. The van der Waals surface area contributed by atoms with Crippen molar-refractivity contribution < 1.29 is 27.4 Å². The van der Waals surface area contributed by atoms with Crippen molar-refractivity contribution in [1.29, 1.82) is 0 Å². The van der Waals surface area contributed by atoms with E-state index in [-0.39, 0.29) is 5.56 Å². The predicted octanol–water partition coefficient (Wildman–Crippen LogP) is 2.70. The van der Waals surface area contributed by atoms with Crippen LogP contribution in [0, 0.1) is 0 Å². The molecule has 0 spiro atoms. The van der Waals surface area contributed by atoms with Gasteiger partial charge in [-0.1, -0.05) is 18.7 Å². The maximum atomic E-state index is 12.4. The van der Waals surface area contributed by atoms with Gasteiger partial charge < -0.3 is 14.4 Å². The van der Waals surface area contributed by atoms with E-state index in [2.05, 4.69) is 11.3 Å². The summed E-state index contributed by atoms with van der Waals surface area (Å²) >= 11 is 0. The van der Waals surface area contributed by atoms with Crippen molar-refractivity contribution >= 4 is 12.0 Å². The number of hydrogen-bond donors (Lipinski definition) is 0. The third-order valence-corrected chi connectivity index (χ3v) is 2.99. The second kappa shape index (κ2) is 6.17. The first-order chi connectivity index (χ1) is 9.90. The fraction of sp³-hybridized carbons (Fsp3) is 0.357. The minimum Gasteiger partial charge on any atom is -0.405 e. The number of rotatable bonds is 3. The van der Waals surface area contributed by atoms with Crippen LogP contribution in [0.3, 0.4) is 0 Å². The lowest BCUT2D eigenvalue weighted by atomic mass is 10.1. The Morgan fingerprint density at radius 2 is 2.00 bits per heavy atom. The highest BCUT2D eigenvalue weighted by Gasteiger charge is 2.33. The molecular weight excluding hydrogens is 287 g/mol. The fourth-order valence-corrected chi connectivity index (χ4v) is 1.99. The van der Waals surface area contributed by atoms with E-state index in [1.54, 1.807) is 0 Å². The van der Waals surface area contributed by atoms with Gasteiger partial charge in [0.05, 0.1) is 18.8 Å². The van der Waals surface area contributed by atoms with Gasteiger partial charge in [-0.15, -0.1) is 13.2 Å². The molecule has 0 radical (unpaired) electrons. The number of benzene rings is 1. The second-order valence-corrected chi connectivity index (χ2v) is 4.41. The topological polar surface area (TPSA) is 38.8 Å². The quantitative estimate of drug-likeness (QED) is 0.861. The summed E-state index contributed by atoms with van der Waals surface area (Å²) < 4.78 is 46.3. The van der Waals surface area contributed by atoms with Crippen LogP contribution in [0.25, 0.3) is 6.08 Å². The Morgan fingerprint density at radius 3 is 2.57 bits per heavy atom. The number of carbonyl (C=O) groups excluding carboxylic acids is 1. The normalized spacial score (nSPS) is 15.7. The smallest absolute Gasteiger partial charge is 0.405 e. The Hall–Kier alpha value is -2.02. The molecule has 21 heavy (non-hydrogen) atoms. The molecule has 1 heterocycles. The highest BCUT2D eigenvalue weighted by Crippen LogP contribution is 2.28. The molecule has 4 nitrogen and oxygen atoms in total. The van der Waals surface area contributed by atoms with Crippen molar-refractivity contribution in [2.45, 2.75) is 6.36 Å². The van der Waals surface area contributed by atoms with Crippen LogP contribution in [-0.2, 0) is 4.74 Å². The van der Waals surface area contributed by atoms with Gasteiger partial charge in [-0.05, 0) is 17.7 Å². The monoisotopic (exact) mass is 301 g/mol. The van der Waals surface area contributed by atoms with E-state index in [9.17, 15) is 18.0 Å². The Morgan fingerprint density at radius 1 is 1.33 bits per heavy atom. The second-order valence-electron chi connectivity index (χ2n) is 4.41. The summed E-state index contributed by atoms with van der Waals surface area (Å²) in [5.74, 6) is -1.02. The molecule has 0 atom stereocenters. The van der Waals surface area contributed by atoms with E-state index >= 15 is 0 Å². The molecule has 0 unspecified atom stereocenters. The van der Waals surface area contributed by atoms with Crippen molar-refractivity contribution in [3.05, 3.63) is 35.9 Å². The van der Waals surface area contributed by atoms with Crippen molar-refractivity contribution in [1.82, 2.24) is 4.90 Å². The van der Waals surface area contributed by atoms with Crippen LogP contribution >= 0.6 is 0 Å². The number of nitrogens with zero attached hydrogens (tertiary/aromatic N) is 1. The van der Waals surface area contributed by atoms with Crippen molar-refractivity contribution in [3.8, 4) is 5.75 Å². The van der Waals surface area contributed by atoms with Crippen molar-refractivity contribution in [3.63, 3.8) is 0 Å². The van der Waals surface area contributed by atoms with Crippen molar-refractivity contribution in [2.24, 2.45) is 0 Å². The molecule has 0 bridgehead atoms. The van der Waals surface area contributed by atoms with Gasteiger partial charge in [-0.25, -0.2) is 0 Å². The number of morpholine rings is 1. The van der Waals surface area contributed by atoms with E-state index in [1.165, 1.54) is 23.1 Å². The molecule has 1 aliphatic rings. The first kappa shape index (κ1) is 15.4. The SMILES string of the molecule is C=Cc1ccc(OC(F)(F)F)c(C(=O)N2CCOCC2)c1. The third-order valence-electron chi connectivity index (χ3n) is 2.99. The molecule has 1 fully saturated rings. The minimum atomic E-state index is -4.85. The molecule has 7 heteroatoms. The summed E-state index contributed by atoms with van der Waals surface area (Å²) in [7, 11) is 0. The predicted molar refractivity (Wildman–Crippen MR) is 69.9 cm³/mol. The standard InChI is InChI=1S/C14H14F3NO3/c1-2-10-3-4-12(21-14(15,16)17)11(9-10)13(19)18-5-7-20-8-6-18/h2-4,9H,1,5-8H2. The first-order valence-corrected chi connectivity index (χ1v) is 6.30. The maximum Gasteiger partial charge on any atom is 0.573 e. The molecule has 0 N–H and O–H groups in total. The molecule has 114 valence electrons. The molecule has 1 saturated heterocycles. The Labute approximate surface area is 119 Å². The van der Waals surface area contributed by atoms with E-state index in [4.69, 9.17) is 4.74 Å². The van der Waals surface area contributed by atoms with Gasteiger partial charge in [-0.3, -0.25) is 4.79 Å². The highest BCUT2D eigenvalue weighted by atomic mass is 19.4. The Balaban J connectivity index is 2.33. The average molecular weight is 301 g/mol. The van der Waals surface area contributed by atoms with Crippen LogP contribution in [-0.4, -0.2) is 43.5 Å². The molecule has 1 aliphatic heterocycles. The lowest BCUT2D eigenvalue weighted by Crippen LogP contribution is -2.41. The number of carbonyl (C=O) groups is 1. The largest absolute Gasteiger partial charge is 0.573 e. The van der Waals surface area contributed by atoms with Crippen LogP contribution in [0.2, 0.25) is 0 Å². The summed E-state index contributed by atoms with van der Waals surface area (Å²) in [5.41, 5.74) is 0.410. The molecule has 1 aromatic rings. The molecular formula is C14H14F3NO3. The van der Waals surface area contributed by atoms with Crippen LogP contribution in [0.1, 0.15) is 15.9 Å². The zero-order valence-electron chi connectivity index (χ0n) is 11.2. The van der Waals surface area contributed by atoms with Crippen LogP contribution in [0.4, 0.5) is 13.2 Å². The zero-order valence-corrected chi connectivity index (χ0v) is 11.2. The van der Waals surface area contributed by atoms with Gasteiger partial charge in [0.2, 0.25) is 0 Å². The lowest BCUT2D eigenvalue weighted by molar-refractivity contribution is -0.274. The number of hydrogen-bond acceptors (Lipinski definition) is 3. The van der Waals surface area contributed by atoms with E-state index < -0.39 is 18.0 Å². The van der Waals surface area contributed by atoms with Gasteiger partial charge in [0.15, 0.2) is 0 Å². The van der Waals surface area contributed by atoms with E-state index in [0.717, 1.165) is 6.07 Å².